The van der Waals surface area contributed by atoms with Gasteiger partial charge in [-0.05, 0) is 44.0 Å². The summed E-state index contributed by atoms with van der Waals surface area (Å²) in [6, 6.07) is 9.93. The van der Waals surface area contributed by atoms with E-state index >= 15 is 0 Å². The van der Waals surface area contributed by atoms with E-state index in [0.717, 1.165) is 44.5 Å². The lowest BCUT2D eigenvalue weighted by molar-refractivity contribution is -0.384. The Morgan fingerprint density at radius 1 is 1.21 bits per heavy atom. The number of pyridine rings is 1. The van der Waals surface area contributed by atoms with Crippen LogP contribution in [0, 0.1) is 10.1 Å². The predicted octanol–water partition coefficient (Wildman–Crippen LogP) is 3.93. The second-order valence-corrected chi connectivity index (χ2v) is 9.18. The van der Waals surface area contributed by atoms with Crippen molar-refractivity contribution < 1.29 is 14.5 Å². The number of rotatable bonds is 8. The van der Waals surface area contributed by atoms with E-state index in [1.807, 2.05) is 25.1 Å². The molecule has 1 aromatic carbocycles. The highest BCUT2D eigenvalue weighted by atomic mass is 16.6. The van der Waals surface area contributed by atoms with Gasteiger partial charge in [-0.2, -0.15) is 0 Å². The molecule has 1 aromatic heterocycles. The first-order valence-electron chi connectivity index (χ1n) is 12.1. The second kappa shape index (κ2) is 10.9. The molecule has 182 valence electrons. The van der Waals surface area contributed by atoms with Crippen LogP contribution in [0.4, 0.5) is 11.4 Å². The lowest BCUT2D eigenvalue weighted by atomic mass is 9.79. The zero-order chi connectivity index (χ0) is 24.0. The third kappa shape index (κ3) is 5.53. The summed E-state index contributed by atoms with van der Waals surface area (Å²) in [6.07, 6.45) is 7.29. The van der Waals surface area contributed by atoms with Gasteiger partial charge in [-0.15, -0.1) is 0 Å². The zero-order valence-corrected chi connectivity index (χ0v) is 19.7. The number of nitrogens with one attached hydrogen (secondary N) is 2. The largest absolute Gasteiger partial charge is 0.379 e. The van der Waals surface area contributed by atoms with Crippen molar-refractivity contribution in [3.8, 4) is 0 Å². The monoisotopic (exact) mass is 467 g/mol. The van der Waals surface area contributed by atoms with Crippen LogP contribution in [-0.4, -0.2) is 59.1 Å². The lowest BCUT2D eigenvalue weighted by Gasteiger charge is -2.48. The Morgan fingerprint density at radius 3 is 2.65 bits per heavy atom. The van der Waals surface area contributed by atoms with Crippen molar-refractivity contribution in [2.24, 2.45) is 0 Å². The van der Waals surface area contributed by atoms with Gasteiger partial charge in [0, 0.05) is 43.0 Å². The molecule has 2 fully saturated rings. The quantitative estimate of drug-likeness (QED) is 0.447. The van der Waals surface area contributed by atoms with Gasteiger partial charge in [0.25, 0.3) is 11.6 Å². The van der Waals surface area contributed by atoms with Gasteiger partial charge in [0.15, 0.2) is 0 Å². The number of hydrogen-bond donors (Lipinski definition) is 2. The molecule has 2 heterocycles. The molecule has 2 aliphatic rings. The Morgan fingerprint density at radius 2 is 1.97 bits per heavy atom. The molecule has 9 heteroatoms. The maximum Gasteiger partial charge on any atom is 0.293 e. The van der Waals surface area contributed by atoms with Crippen LogP contribution in [0.15, 0.2) is 42.6 Å². The van der Waals surface area contributed by atoms with E-state index in [1.54, 1.807) is 18.3 Å². The topological polar surface area (TPSA) is 110 Å². The molecule has 1 aliphatic carbocycles. The summed E-state index contributed by atoms with van der Waals surface area (Å²) in [7, 11) is 0. The molecule has 4 rings (SSSR count). The van der Waals surface area contributed by atoms with Gasteiger partial charge >= 0.3 is 0 Å². The van der Waals surface area contributed by atoms with E-state index in [-0.39, 0.29) is 28.7 Å². The van der Waals surface area contributed by atoms with Gasteiger partial charge in [-0.3, -0.25) is 24.8 Å². The third-order valence-corrected chi connectivity index (χ3v) is 7.00. The predicted molar refractivity (Wildman–Crippen MR) is 130 cm³/mol. The minimum Gasteiger partial charge on any atom is -0.379 e. The van der Waals surface area contributed by atoms with E-state index in [9.17, 15) is 14.9 Å². The molecular weight excluding hydrogens is 434 g/mol. The highest BCUT2D eigenvalue weighted by molar-refractivity contribution is 5.95. The minimum atomic E-state index is -0.458. The van der Waals surface area contributed by atoms with Crippen LogP contribution in [0.5, 0.6) is 0 Å². The first kappa shape index (κ1) is 24.1. The Labute approximate surface area is 200 Å². The number of ether oxygens (including phenoxy) is 1. The minimum absolute atomic E-state index is 0.0662. The van der Waals surface area contributed by atoms with Gasteiger partial charge < -0.3 is 15.4 Å². The summed E-state index contributed by atoms with van der Waals surface area (Å²) in [4.78, 5) is 31.1. The fourth-order valence-corrected chi connectivity index (χ4v) is 5.08. The molecule has 9 nitrogen and oxygen atoms in total. The smallest absolute Gasteiger partial charge is 0.293 e. The Bertz CT molecular complexity index is 988. The number of carbonyl (C=O) groups excluding carboxylic acids is 1. The Hall–Kier alpha value is -3.04. The standard InChI is InChI=1S/C25H33N5O4/c1-19(21-7-3-6-12-26-21)28-22-9-8-20(17-23(22)30(32)33)24(31)27-18-25(10-4-2-5-11-25)29-13-15-34-16-14-29/h3,6-9,12,17,19,28H,2,4-5,10-11,13-16,18H2,1H3,(H,27,31). The van der Waals surface area contributed by atoms with E-state index in [2.05, 4.69) is 20.5 Å². The molecule has 2 N–H and O–H groups in total. The second-order valence-electron chi connectivity index (χ2n) is 9.18. The molecule has 1 atom stereocenters. The van der Waals surface area contributed by atoms with Gasteiger partial charge in [0.1, 0.15) is 5.69 Å². The fraction of sp³-hybridized carbons (Fsp3) is 0.520. The Kier molecular flexibility index (Phi) is 7.74. The van der Waals surface area contributed by atoms with Crippen LogP contribution >= 0.6 is 0 Å². The number of benzene rings is 1. The van der Waals surface area contributed by atoms with Crippen molar-refractivity contribution >= 4 is 17.3 Å². The summed E-state index contributed by atoms with van der Waals surface area (Å²) >= 11 is 0. The highest BCUT2D eigenvalue weighted by Gasteiger charge is 2.39. The van der Waals surface area contributed by atoms with E-state index in [4.69, 9.17) is 4.74 Å². The average Bonchev–Trinajstić information content (AvgIpc) is 2.89. The zero-order valence-electron chi connectivity index (χ0n) is 19.7. The van der Waals surface area contributed by atoms with Gasteiger partial charge in [0.05, 0.1) is 29.9 Å². The number of aromatic nitrogens is 1. The molecule has 1 amide bonds. The Balaban J connectivity index is 1.47. The number of anilines is 1. The molecule has 0 radical (unpaired) electrons. The van der Waals surface area contributed by atoms with Crippen molar-refractivity contribution in [3.63, 3.8) is 0 Å². The lowest BCUT2D eigenvalue weighted by Crippen LogP contribution is -2.59. The maximum absolute atomic E-state index is 13.0. The van der Waals surface area contributed by atoms with Crippen LogP contribution in [-0.2, 0) is 4.74 Å². The molecule has 0 bridgehead atoms. The van der Waals surface area contributed by atoms with Gasteiger partial charge in [-0.25, -0.2) is 0 Å². The van der Waals surface area contributed by atoms with Gasteiger partial charge in [0.2, 0.25) is 0 Å². The van der Waals surface area contributed by atoms with Crippen LogP contribution in [0.3, 0.4) is 0 Å². The first-order chi connectivity index (χ1) is 16.5. The van der Waals surface area contributed by atoms with Crippen molar-refractivity contribution in [2.45, 2.75) is 50.6 Å². The normalized spacial score (nSPS) is 19.2. The van der Waals surface area contributed by atoms with Gasteiger partial charge in [-0.1, -0.05) is 25.3 Å². The molecule has 1 aliphatic heterocycles. The number of nitro benzene ring substituents is 1. The van der Waals surface area contributed by atoms with Crippen molar-refractivity contribution in [2.75, 3.05) is 38.2 Å². The van der Waals surface area contributed by atoms with Crippen LogP contribution < -0.4 is 10.6 Å². The molecule has 1 unspecified atom stereocenters. The molecule has 34 heavy (non-hydrogen) atoms. The molecule has 1 saturated carbocycles. The average molecular weight is 468 g/mol. The van der Waals surface area contributed by atoms with Crippen LogP contribution in [0.25, 0.3) is 0 Å². The maximum atomic E-state index is 13.0. The number of nitrogens with zero attached hydrogens (tertiary/aromatic N) is 3. The van der Waals surface area contributed by atoms with E-state index in [1.165, 1.54) is 12.5 Å². The van der Waals surface area contributed by atoms with Crippen molar-refractivity contribution in [1.82, 2.24) is 15.2 Å². The summed E-state index contributed by atoms with van der Waals surface area (Å²) in [5.74, 6) is -0.286. The first-order valence-corrected chi connectivity index (χ1v) is 12.1. The van der Waals surface area contributed by atoms with E-state index in [0.29, 0.717) is 25.4 Å². The number of morpholine rings is 1. The highest BCUT2D eigenvalue weighted by Crippen LogP contribution is 2.34. The fourth-order valence-electron chi connectivity index (χ4n) is 5.08. The number of amides is 1. The third-order valence-electron chi connectivity index (χ3n) is 7.00. The van der Waals surface area contributed by atoms with E-state index < -0.39 is 4.92 Å². The number of carbonyl (C=O) groups is 1. The number of hydrogen-bond acceptors (Lipinski definition) is 7. The molecular formula is C25H33N5O4. The SMILES string of the molecule is CC(Nc1ccc(C(=O)NCC2(N3CCOCC3)CCCCC2)cc1[N+](=O)[O-])c1ccccn1. The van der Waals surface area contributed by atoms with Crippen molar-refractivity contribution in [3.05, 3.63) is 64.0 Å². The molecule has 1 saturated heterocycles. The number of nitro groups is 1. The van der Waals surface area contributed by atoms with Crippen molar-refractivity contribution in [1.29, 1.82) is 0 Å². The van der Waals surface area contributed by atoms with Crippen LogP contribution in [0.2, 0.25) is 0 Å². The molecule has 0 spiro atoms. The summed E-state index contributed by atoms with van der Waals surface area (Å²) in [5.41, 5.74) is 1.23. The summed E-state index contributed by atoms with van der Waals surface area (Å²) < 4.78 is 5.53. The summed E-state index contributed by atoms with van der Waals surface area (Å²) in [6.45, 7) is 5.60. The summed E-state index contributed by atoms with van der Waals surface area (Å²) in [5, 5.41) is 18.0. The molecule has 2 aromatic rings. The van der Waals surface area contributed by atoms with Crippen LogP contribution in [0.1, 0.15) is 61.1 Å².